The molecule has 2 nitrogen and oxygen atoms in total. The van der Waals surface area contributed by atoms with Gasteiger partial charge < -0.3 is 10.2 Å². The van der Waals surface area contributed by atoms with Crippen LogP contribution in [0.25, 0.3) is 0 Å². The first kappa shape index (κ1) is 15.0. The minimum Gasteiger partial charge on any atom is -0.370 e. The second kappa shape index (κ2) is 6.83. The van der Waals surface area contributed by atoms with Gasteiger partial charge in [0, 0.05) is 18.1 Å². The maximum atomic E-state index is 6.34. The molecule has 1 saturated heterocycles. The Kier molecular flexibility index (Phi) is 5.37. The molecule has 0 radical (unpaired) electrons. The van der Waals surface area contributed by atoms with E-state index in [4.69, 9.17) is 23.2 Å². The molecule has 1 atom stereocenters. The highest BCUT2D eigenvalue weighted by Crippen LogP contribution is 2.34. The van der Waals surface area contributed by atoms with Gasteiger partial charge in [-0.3, -0.25) is 0 Å². The summed E-state index contributed by atoms with van der Waals surface area (Å²) in [4.78, 5) is 2.35. The fourth-order valence-corrected chi connectivity index (χ4v) is 3.07. The largest absolute Gasteiger partial charge is 0.370 e. The van der Waals surface area contributed by atoms with Gasteiger partial charge in [0.05, 0.1) is 10.7 Å². The van der Waals surface area contributed by atoms with Gasteiger partial charge in [-0.1, -0.05) is 30.1 Å². The zero-order valence-electron chi connectivity index (χ0n) is 11.7. The van der Waals surface area contributed by atoms with Crippen LogP contribution < -0.4 is 10.2 Å². The van der Waals surface area contributed by atoms with Crippen molar-refractivity contribution < 1.29 is 0 Å². The van der Waals surface area contributed by atoms with Crippen molar-refractivity contribution in [3.63, 3.8) is 0 Å². The first-order chi connectivity index (χ1) is 9.11. The summed E-state index contributed by atoms with van der Waals surface area (Å²) in [5.74, 6) is 0.711. The molecule has 19 heavy (non-hydrogen) atoms. The average molecular weight is 301 g/mol. The molecule has 2 rings (SSSR count). The fraction of sp³-hybridized carbons (Fsp3) is 0.600. The van der Waals surface area contributed by atoms with Crippen molar-refractivity contribution in [1.29, 1.82) is 0 Å². The summed E-state index contributed by atoms with van der Waals surface area (Å²) in [7, 11) is 0. The molecule has 0 spiro atoms. The van der Waals surface area contributed by atoms with E-state index in [1.807, 2.05) is 19.1 Å². The minimum absolute atomic E-state index is 0.711. The Hall–Kier alpha value is -0.440. The Balaban J connectivity index is 1.99. The molecule has 106 valence electrons. The maximum absolute atomic E-state index is 6.34. The maximum Gasteiger partial charge on any atom is 0.0643 e. The lowest BCUT2D eigenvalue weighted by Crippen LogP contribution is -2.27. The van der Waals surface area contributed by atoms with E-state index in [0.717, 1.165) is 47.5 Å². The molecule has 1 fully saturated rings. The zero-order valence-corrected chi connectivity index (χ0v) is 13.2. The number of rotatable bonds is 5. The standard InChI is InChI=1S/C15H22Cl2N2/c1-3-5-18-9-12-4-6-19(10-12)15-8-13(16)11(2)7-14(15)17/h7-8,12,18H,3-6,9-10H2,1-2H3. The lowest BCUT2D eigenvalue weighted by molar-refractivity contribution is 0.516. The second-order valence-electron chi connectivity index (χ2n) is 5.36. The molecule has 1 aromatic rings. The second-order valence-corrected chi connectivity index (χ2v) is 6.17. The third kappa shape index (κ3) is 3.77. The van der Waals surface area contributed by atoms with Crippen LogP contribution in [0.4, 0.5) is 5.69 Å². The van der Waals surface area contributed by atoms with Crippen LogP contribution in [0.1, 0.15) is 25.3 Å². The van der Waals surface area contributed by atoms with Gasteiger partial charge in [-0.15, -0.1) is 0 Å². The molecule has 0 bridgehead atoms. The summed E-state index contributed by atoms with van der Waals surface area (Å²) in [5.41, 5.74) is 2.12. The normalized spacial score (nSPS) is 19.2. The van der Waals surface area contributed by atoms with Crippen LogP contribution in [0.3, 0.4) is 0 Å². The van der Waals surface area contributed by atoms with Gasteiger partial charge in [0.2, 0.25) is 0 Å². The van der Waals surface area contributed by atoms with Crippen molar-refractivity contribution in [1.82, 2.24) is 5.32 Å². The van der Waals surface area contributed by atoms with Gasteiger partial charge >= 0.3 is 0 Å². The van der Waals surface area contributed by atoms with Crippen LogP contribution in [0, 0.1) is 12.8 Å². The molecule has 0 aromatic heterocycles. The van der Waals surface area contributed by atoms with Crippen LogP contribution >= 0.6 is 23.2 Å². The van der Waals surface area contributed by atoms with Crippen molar-refractivity contribution in [3.05, 3.63) is 27.7 Å². The highest BCUT2D eigenvalue weighted by atomic mass is 35.5. The molecule has 1 N–H and O–H groups in total. The lowest BCUT2D eigenvalue weighted by atomic mass is 10.1. The highest BCUT2D eigenvalue weighted by Gasteiger charge is 2.24. The first-order valence-electron chi connectivity index (χ1n) is 7.03. The van der Waals surface area contributed by atoms with Gasteiger partial charge in [-0.2, -0.15) is 0 Å². The van der Waals surface area contributed by atoms with Gasteiger partial charge in [0.15, 0.2) is 0 Å². The van der Waals surface area contributed by atoms with Crippen LogP contribution in [0.15, 0.2) is 12.1 Å². The van der Waals surface area contributed by atoms with E-state index in [9.17, 15) is 0 Å². The van der Waals surface area contributed by atoms with Gasteiger partial charge in [-0.25, -0.2) is 0 Å². The number of hydrogen-bond donors (Lipinski definition) is 1. The van der Waals surface area contributed by atoms with Crippen molar-refractivity contribution >= 4 is 28.9 Å². The topological polar surface area (TPSA) is 15.3 Å². The molecule has 1 unspecified atom stereocenters. The third-order valence-electron chi connectivity index (χ3n) is 3.71. The fourth-order valence-electron chi connectivity index (χ4n) is 2.58. The number of nitrogens with one attached hydrogen (secondary N) is 1. The number of nitrogens with zero attached hydrogens (tertiary/aromatic N) is 1. The Bertz CT molecular complexity index is 434. The van der Waals surface area contributed by atoms with Crippen LogP contribution in [-0.4, -0.2) is 26.2 Å². The zero-order chi connectivity index (χ0) is 13.8. The van der Waals surface area contributed by atoms with Gasteiger partial charge in [0.1, 0.15) is 0 Å². The SMILES string of the molecule is CCCNCC1CCN(c2cc(Cl)c(C)cc2Cl)C1. The first-order valence-corrected chi connectivity index (χ1v) is 7.78. The quantitative estimate of drug-likeness (QED) is 0.823. The average Bonchev–Trinajstić information content (AvgIpc) is 2.83. The van der Waals surface area contributed by atoms with E-state index in [2.05, 4.69) is 17.1 Å². The third-order valence-corrected chi connectivity index (χ3v) is 4.42. The van der Waals surface area contributed by atoms with Crippen LogP contribution in [-0.2, 0) is 0 Å². The Morgan fingerprint density at radius 2 is 2.11 bits per heavy atom. The van der Waals surface area contributed by atoms with Crippen molar-refractivity contribution in [2.75, 3.05) is 31.1 Å². The summed E-state index contributed by atoms with van der Waals surface area (Å²) in [6.07, 6.45) is 2.41. The summed E-state index contributed by atoms with van der Waals surface area (Å²) >= 11 is 12.5. The molecule has 0 aliphatic carbocycles. The molecule has 0 saturated carbocycles. The molecule has 0 amide bonds. The van der Waals surface area contributed by atoms with E-state index < -0.39 is 0 Å². The van der Waals surface area contributed by atoms with E-state index in [1.54, 1.807) is 0 Å². The van der Waals surface area contributed by atoms with E-state index in [-0.39, 0.29) is 0 Å². The predicted molar refractivity (Wildman–Crippen MR) is 84.7 cm³/mol. The molecule has 1 aliphatic rings. The van der Waals surface area contributed by atoms with Gasteiger partial charge in [0.25, 0.3) is 0 Å². The van der Waals surface area contributed by atoms with E-state index in [1.165, 1.54) is 12.8 Å². The predicted octanol–water partition coefficient (Wildman–Crippen LogP) is 4.13. The molecule has 1 heterocycles. The molecule has 1 aliphatic heterocycles. The van der Waals surface area contributed by atoms with Gasteiger partial charge in [-0.05, 0) is 56.5 Å². The number of aryl methyl sites for hydroxylation is 1. The van der Waals surface area contributed by atoms with E-state index in [0.29, 0.717) is 5.92 Å². The van der Waals surface area contributed by atoms with Crippen molar-refractivity contribution in [3.8, 4) is 0 Å². The van der Waals surface area contributed by atoms with Crippen LogP contribution in [0.5, 0.6) is 0 Å². The molecule has 1 aromatic carbocycles. The van der Waals surface area contributed by atoms with E-state index >= 15 is 0 Å². The smallest absolute Gasteiger partial charge is 0.0643 e. The number of halogens is 2. The lowest BCUT2D eigenvalue weighted by Gasteiger charge is -2.21. The Morgan fingerprint density at radius 1 is 1.32 bits per heavy atom. The molecular formula is C15H22Cl2N2. The molecule has 4 heteroatoms. The van der Waals surface area contributed by atoms with Crippen molar-refractivity contribution in [2.24, 2.45) is 5.92 Å². The molecular weight excluding hydrogens is 279 g/mol. The van der Waals surface area contributed by atoms with Crippen molar-refractivity contribution in [2.45, 2.75) is 26.7 Å². The van der Waals surface area contributed by atoms with Crippen LogP contribution in [0.2, 0.25) is 10.0 Å². The number of benzene rings is 1. The summed E-state index contributed by atoms with van der Waals surface area (Å²) in [6.45, 7) is 8.52. The number of hydrogen-bond acceptors (Lipinski definition) is 2. The Labute approximate surface area is 126 Å². The number of anilines is 1. The minimum atomic E-state index is 0.711. The summed E-state index contributed by atoms with van der Waals surface area (Å²) < 4.78 is 0. The highest BCUT2D eigenvalue weighted by molar-refractivity contribution is 6.35. The summed E-state index contributed by atoms with van der Waals surface area (Å²) in [5, 5.41) is 5.11. The monoisotopic (exact) mass is 300 g/mol. The Morgan fingerprint density at radius 3 is 2.84 bits per heavy atom. The summed E-state index contributed by atoms with van der Waals surface area (Å²) in [6, 6.07) is 3.96.